The van der Waals surface area contributed by atoms with E-state index in [4.69, 9.17) is 0 Å². The third-order valence-corrected chi connectivity index (χ3v) is 5.58. The third-order valence-electron chi connectivity index (χ3n) is 5.58. The Kier molecular flexibility index (Phi) is 8.45. The minimum atomic E-state index is 0.112. The molecule has 1 aliphatic heterocycles. The first-order chi connectivity index (χ1) is 14.7. The fraction of sp³-hybridized carbons (Fsp3) is 0.440. The SMILES string of the molecule is CCCC(=O)NCC1CCCN(CC(=O)N(Cc2ccccc2)c2ccccc2)C1. The molecule has 0 bridgehead atoms. The van der Waals surface area contributed by atoms with E-state index in [-0.39, 0.29) is 11.8 Å². The summed E-state index contributed by atoms with van der Waals surface area (Å²) in [6, 6.07) is 20.0. The van der Waals surface area contributed by atoms with E-state index in [0.717, 1.165) is 43.6 Å². The van der Waals surface area contributed by atoms with Crippen LogP contribution in [-0.2, 0) is 16.1 Å². The maximum atomic E-state index is 13.3. The molecule has 1 heterocycles. The summed E-state index contributed by atoms with van der Waals surface area (Å²) in [5, 5.41) is 3.05. The number of hydrogen-bond donors (Lipinski definition) is 1. The molecule has 2 aromatic carbocycles. The predicted molar refractivity (Wildman–Crippen MR) is 121 cm³/mol. The van der Waals surface area contributed by atoms with Crippen LogP contribution < -0.4 is 10.2 Å². The van der Waals surface area contributed by atoms with Crippen molar-refractivity contribution in [2.75, 3.05) is 31.1 Å². The molecule has 1 saturated heterocycles. The Morgan fingerprint density at radius 3 is 2.47 bits per heavy atom. The molecular formula is C25H33N3O2. The number of benzene rings is 2. The summed E-state index contributed by atoms with van der Waals surface area (Å²) < 4.78 is 0. The summed E-state index contributed by atoms with van der Waals surface area (Å²) in [6.45, 7) is 5.47. The normalized spacial score (nSPS) is 16.8. The molecule has 1 atom stereocenters. The summed E-state index contributed by atoms with van der Waals surface area (Å²) in [5.41, 5.74) is 2.04. The topological polar surface area (TPSA) is 52.7 Å². The van der Waals surface area contributed by atoms with Crippen LogP contribution in [0.15, 0.2) is 60.7 Å². The van der Waals surface area contributed by atoms with Gasteiger partial charge >= 0.3 is 0 Å². The van der Waals surface area contributed by atoms with Gasteiger partial charge in [-0.2, -0.15) is 0 Å². The highest BCUT2D eigenvalue weighted by molar-refractivity contribution is 5.94. The number of carbonyl (C=O) groups is 2. The second kappa shape index (κ2) is 11.5. The molecule has 1 fully saturated rings. The van der Waals surface area contributed by atoms with E-state index >= 15 is 0 Å². The lowest BCUT2D eigenvalue weighted by molar-refractivity contribution is -0.122. The van der Waals surface area contributed by atoms with Crippen LogP contribution in [0, 0.1) is 5.92 Å². The molecule has 30 heavy (non-hydrogen) atoms. The van der Waals surface area contributed by atoms with E-state index in [1.807, 2.05) is 60.4 Å². The van der Waals surface area contributed by atoms with Gasteiger partial charge in [0.1, 0.15) is 0 Å². The first kappa shape index (κ1) is 22.0. The van der Waals surface area contributed by atoms with Crippen molar-refractivity contribution >= 4 is 17.5 Å². The molecule has 1 unspecified atom stereocenters. The number of nitrogens with one attached hydrogen (secondary N) is 1. The largest absolute Gasteiger partial charge is 0.356 e. The summed E-state index contributed by atoms with van der Waals surface area (Å²) in [4.78, 5) is 29.2. The number of carbonyl (C=O) groups excluding carboxylic acids is 2. The molecule has 3 rings (SSSR count). The lowest BCUT2D eigenvalue weighted by atomic mass is 9.98. The molecule has 1 N–H and O–H groups in total. The average Bonchev–Trinajstić information content (AvgIpc) is 2.78. The van der Waals surface area contributed by atoms with Crippen molar-refractivity contribution in [1.82, 2.24) is 10.2 Å². The van der Waals surface area contributed by atoms with Gasteiger partial charge in [-0.1, -0.05) is 55.5 Å². The predicted octanol–water partition coefficient (Wildman–Crippen LogP) is 3.85. The van der Waals surface area contributed by atoms with Gasteiger partial charge in [-0.15, -0.1) is 0 Å². The molecular weight excluding hydrogens is 374 g/mol. The molecule has 0 radical (unpaired) electrons. The molecule has 1 aliphatic rings. The van der Waals surface area contributed by atoms with Gasteiger partial charge in [0.2, 0.25) is 11.8 Å². The molecule has 2 aromatic rings. The summed E-state index contributed by atoms with van der Waals surface area (Å²) in [5.74, 6) is 0.649. The first-order valence-electron chi connectivity index (χ1n) is 11.0. The van der Waals surface area contributed by atoms with Gasteiger partial charge in [-0.05, 0) is 49.4 Å². The number of amides is 2. The molecule has 0 spiro atoms. The highest BCUT2D eigenvalue weighted by Gasteiger charge is 2.24. The standard InChI is InChI=1S/C25H33N3O2/c1-2-10-24(29)26-17-22-13-9-16-27(18-22)20-25(30)28(23-14-7-4-8-15-23)19-21-11-5-3-6-12-21/h3-8,11-12,14-15,22H,2,9-10,13,16-20H2,1H3,(H,26,29). The molecule has 0 aromatic heterocycles. The van der Waals surface area contributed by atoms with Crippen LogP contribution in [0.4, 0.5) is 5.69 Å². The fourth-order valence-corrected chi connectivity index (χ4v) is 4.01. The molecule has 0 aliphatic carbocycles. The van der Waals surface area contributed by atoms with Gasteiger partial charge in [0.15, 0.2) is 0 Å². The smallest absolute Gasteiger partial charge is 0.241 e. The molecule has 5 heteroatoms. The number of piperidine rings is 1. The van der Waals surface area contributed by atoms with E-state index in [0.29, 0.717) is 32.0 Å². The Morgan fingerprint density at radius 1 is 1.07 bits per heavy atom. The summed E-state index contributed by atoms with van der Waals surface area (Å²) in [7, 11) is 0. The van der Waals surface area contributed by atoms with Gasteiger partial charge in [-0.3, -0.25) is 14.5 Å². The van der Waals surface area contributed by atoms with Crippen LogP contribution in [0.5, 0.6) is 0 Å². The van der Waals surface area contributed by atoms with Crippen molar-refractivity contribution < 1.29 is 9.59 Å². The van der Waals surface area contributed by atoms with Crippen LogP contribution in [0.3, 0.4) is 0 Å². The molecule has 5 nitrogen and oxygen atoms in total. The summed E-state index contributed by atoms with van der Waals surface area (Å²) >= 11 is 0. The molecule has 160 valence electrons. The van der Waals surface area contributed by atoms with Crippen molar-refractivity contribution in [3.63, 3.8) is 0 Å². The van der Waals surface area contributed by atoms with Crippen molar-refractivity contribution in [3.8, 4) is 0 Å². The van der Waals surface area contributed by atoms with E-state index in [2.05, 4.69) is 22.3 Å². The third kappa shape index (κ3) is 6.70. The lowest BCUT2D eigenvalue weighted by Crippen LogP contribution is -2.46. The van der Waals surface area contributed by atoms with Crippen LogP contribution in [-0.4, -0.2) is 42.9 Å². The van der Waals surface area contributed by atoms with E-state index in [1.165, 1.54) is 0 Å². The first-order valence-corrected chi connectivity index (χ1v) is 11.0. The summed E-state index contributed by atoms with van der Waals surface area (Å²) in [6.07, 6.45) is 3.61. The monoisotopic (exact) mass is 407 g/mol. The van der Waals surface area contributed by atoms with Gasteiger partial charge in [0.25, 0.3) is 0 Å². The number of hydrogen-bond acceptors (Lipinski definition) is 3. The van der Waals surface area contributed by atoms with Crippen molar-refractivity contribution in [2.24, 2.45) is 5.92 Å². The number of likely N-dealkylation sites (tertiary alicyclic amines) is 1. The minimum absolute atomic E-state index is 0.112. The Hall–Kier alpha value is -2.66. The highest BCUT2D eigenvalue weighted by Crippen LogP contribution is 2.20. The number of rotatable bonds is 9. The lowest BCUT2D eigenvalue weighted by Gasteiger charge is -2.34. The van der Waals surface area contributed by atoms with Crippen LogP contribution in [0.1, 0.15) is 38.2 Å². The minimum Gasteiger partial charge on any atom is -0.356 e. The second-order valence-corrected chi connectivity index (χ2v) is 8.10. The van der Waals surface area contributed by atoms with Crippen LogP contribution in [0.25, 0.3) is 0 Å². The Labute approximate surface area is 180 Å². The van der Waals surface area contributed by atoms with Crippen molar-refractivity contribution in [1.29, 1.82) is 0 Å². The molecule has 2 amide bonds. The maximum Gasteiger partial charge on any atom is 0.241 e. The second-order valence-electron chi connectivity index (χ2n) is 8.10. The van der Waals surface area contributed by atoms with E-state index in [1.54, 1.807) is 0 Å². The number of para-hydroxylation sites is 1. The zero-order valence-corrected chi connectivity index (χ0v) is 17.9. The van der Waals surface area contributed by atoms with Gasteiger partial charge in [0, 0.05) is 25.2 Å². The zero-order chi connectivity index (χ0) is 21.2. The van der Waals surface area contributed by atoms with Crippen LogP contribution in [0.2, 0.25) is 0 Å². The van der Waals surface area contributed by atoms with Crippen molar-refractivity contribution in [2.45, 2.75) is 39.2 Å². The van der Waals surface area contributed by atoms with Crippen LogP contribution >= 0.6 is 0 Å². The fourth-order valence-electron chi connectivity index (χ4n) is 4.01. The van der Waals surface area contributed by atoms with Gasteiger partial charge in [0.05, 0.1) is 13.1 Å². The number of nitrogens with zero attached hydrogens (tertiary/aromatic N) is 2. The van der Waals surface area contributed by atoms with Gasteiger partial charge in [-0.25, -0.2) is 0 Å². The number of anilines is 1. The van der Waals surface area contributed by atoms with E-state index < -0.39 is 0 Å². The Morgan fingerprint density at radius 2 is 1.77 bits per heavy atom. The highest BCUT2D eigenvalue weighted by atomic mass is 16.2. The average molecular weight is 408 g/mol. The Balaban J connectivity index is 1.61. The maximum absolute atomic E-state index is 13.3. The van der Waals surface area contributed by atoms with E-state index in [9.17, 15) is 9.59 Å². The zero-order valence-electron chi connectivity index (χ0n) is 17.9. The van der Waals surface area contributed by atoms with Crippen molar-refractivity contribution in [3.05, 3.63) is 66.2 Å². The molecule has 0 saturated carbocycles. The quantitative estimate of drug-likeness (QED) is 0.687. The van der Waals surface area contributed by atoms with Gasteiger partial charge < -0.3 is 10.2 Å². The Bertz CT molecular complexity index is 795.